The highest BCUT2D eigenvalue weighted by atomic mass is 19.1. The van der Waals surface area contributed by atoms with Crippen LogP contribution in [0.1, 0.15) is 5.56 Å². The summed E-state index contributed by atoms with van der Waals surface area (Å²) in [6.45, 7) is 0. The van der Waals surface area contributed by atoms with Crippen LogP contribution in [0.2, 0.25) is 0 Å². The van der Waals surface area contributed by atoms with Crippen LogP contribution in [0.25, 0.3) is 6.08 Å². The fourth-order valence-electron chi connectivity index (χ4n) is 0.752. The first-order chi connectivity index (χ1) is 5.34. The highest BCUT2D eigenvalue weighted by Crippen LogP contribution is 2.07. The van der Waals surface area contributed by atoms with Gasteiger partial charge < -0.3 is 4.74 Å². The Morgan fingerprint density at radius 3 is 2.73 bits per heavy atom. The molecule has 0 aliphatic rings. The lowest BCUT2D eigenvalue weighted by atomic mass is 10.2. The quantitative estimate of drug-likeness (QED) is 0.591. The highest BCUT2D eigenvalue weighted by molar-refractivity contribution is 5.48. The second-order valence-electron chi connectivity index (χ2n) is 2.06. The van der Waals surface area contributed by atoms with Gasteiger partial charge in [-0.3, -0.25) is 0 Å². The lowest BCUT2D eigenvalue weighted by Gasteiger charge is -1.93. The Labute approximate surface area is 65.1 Å². The summed E-state index contributed by atoms with van der Waals surface area (Å²) in [6, 6.07) is 6.53. The Bertz CT molecular complexity index is 255. The summed E-state index contributed by atoms with van der Waals surface area (Å²) in [5, 5.41) is 0. The van der Waals surface area contributed by atoms with Gasteiger partial charge in [0.15, 0.2) is 0 Å². The maximum absolute atomic E-state index is 12.8. The van der Waals surface area contributed by atoms with Gasteiger partial charge in [-0.05, 0) is 12.1 Å². The van der Waals surface area contributed by atoms with Crippen molar-refractivity contribution in [3.63, 3.8) is 0 Å². The molecule has 0 spiro atoms. The van der Waals surface area contributed by atoms with Gasteiger partial charge in [0.2, 0.25) is 0 Å². The molecule has 1 aromatic rings. The molecular weight excluding hydrogens is 143 g/mol. The summed E-state index contributed by atoms with van der Waals surface area (Å²) < 4.78 is 17.5. The fraction of sp³-hybridized carbons (Fsp3) is 0.111. The van der Waals surface area contributed by atoms with Crippen LogP contribution >= 0.6 is 0 Å². The van der Waals surface area contributed by atoms with Crippen molar-refractivity contribution in [3.05, 3.63) is 41.9 Å². The van der Waals surface area contributed by atoms with Crippen molar-refractivity contribution in [1.82, 2.24) is 0 Å². The SMILES string of the molecule is CO/C=C\c1ccccc1F. The summed E-state index contributed by atoms with van der Waals surface area (Å²) in [5.41, 5.74) is 0.536. The lowest BCUT2D eigenvalue weighted by molar-refractivity contribution is 0.341. The Kier molecular flexibility index (Phi) is 2.66. The zero-order valence-electron chi connectivity index (χ0n) is 6.25. The van der Waals surface area contributed by atoms with Crippen molar-refractivity contribution in [2.75, 3.05) is 7.11 Å². The maximum Gasteiger partial charge on any atom is 0.130 e. The van der Waals surface area contributed by atoms with Crippen LogP contribution < -0.4 is 0 Å². The molecule has 1 rings (SSSR count). The summed E-state index contributed by atoms with van der Waals surface area (Å²) >= 11 is 0. The van der Waals surface area contributed by atoms with Crippen LogP contribution in [0.3, 0.4) is 0 Å². The Morgan fingerprint density at radius 1 is 1.36 bits per heavy atom. The van der Waals surface area contributed by atoms with Crippen molar-refractivity contribution in [2.45, 2.75) is 0 Å². The molecule has 1 nitrogen and oxygen atoms in total. The monoisotopic (exact) mass is 152 g/mol. The summed E-state index contributed by atoms with van der Waals surface area (Å²) in [6.07, 6.45) is 3.02. The second-order valence-corrected chi connectivity index (χ2v) is 2.06. The average molecular weight is 152 g/mol. The zero-order valence-corrected chi connectivity index (χ0v) is 6.25. The Balaban J connectivity index is 2.86. The van der Waals surface area contributed by atoms with E-state index in [1.165, 1.54) is 19.4 Å². The predicted molar refractivity (Wildman–Crippen MR) is 42.4 cm³/mol. The van der Waals surface area contributed by atoms with E-state index in [2.05, 4.69) is 4.74 Å². The normalized spacial score (nSPS) is 10.4. The minimum absolute atomic E-state index is 0.235. The molecule has 58 valence electrons. The third-order valence-electron chi connectivity index (χ3n) is 1.29. The first-order valence-corrected chi connectivity index (χ1v) is 3.28. The fourth-order valence-corrected chi connectivity index (χ4v) is 0.752. The van der Waals surface area contributed by atoms with E-state index in [1.54, 1.807) is 24.3 Å². The molecule has 0 saturated heterocycles. The summed E-state index contributed by atoms with van der Waals surface area (Å²) in [4.78, 5) is 0. The topological polar surface area (TPSA) is 9.23 Å². The summed E-state index contributed by atoms with van der Waals surface area (Å²) in [7, 11) is 1.53. The van der Waals surface area contributed by atoms with Crippen molar-refractivity contribution >= 4 is 6.08 Å². The molecule has 0 fully saturated rings. The number of benzene rings is 1. The molecular formula is C9H9FO. The Hall–Kier alpha value is -1.31. The van der Waals surface area contributed by atoms with E-state index < -0.39 is 0 Å². The van der Waals surface area contributed by atoms with Gasteiger partial charge in [-0.25, -0.2) is 4.39 Å². The van der Waals surface area contributed by atoms with Gasteiger partial charge in [0.05, 0.1) is 13.4 Å². The van der Waals surface area contributed by atoms with Crippen molar-refractivity contribution in [2.24, 2.45) is 0 Å². The van der Waals surface area contributed by atoms with Crippen LogP contribution in [0.4, 0.5) is 4.39 Å². The molecule has 0 bridgehead atoms. The van der Waals surface area contributed by atoms with E-state index in [-0.39, 0.29) is 5.82 Å². The van der Waals surface area contributed by atoms with E-state index in [0.717, 1.165) is 0 Å². The number of methoxy groups -OCH3 is 1. The highest BCUT2D eigenvalue weighted by Gasteiger charge is 1.93. The molecule has 0 amide bonds. The van der Waals surface area contributed by atoms with Crippen LogP contribution in [-0.4, -0.2) is 7.11 Å². The minimum atomic E-state index is -0.235. The van der Waals surface area contributed by atoms with E-state index >= 15 is 0 Å². The van der Waals surface area contributed by atoms with Gasteiger partial charge in [0.25, 0.3) is 0 Å². The smallest absolute Gasteiger partial charge is 0.130 e. The predicted octanol–water partition coefficient (Wildman–Crippen LogP) is 2.44. The molecule has 1 aromatic carbocycles. The van der Waals surface area contributed by atoms with E-state index in [1.807, 2.05) is 0 Å². The van der Waals surface area contributed by atoms with Gasteiger partial charge in [-0.1, -0.05) is 18.2 Å². The molecule has 0 unspecified atom stereocenters. The van der Waals surface area contributed by atoms with Gasteiger partial charge in [-0.2, -0.15) is 0 Å². The molecule has 0 heterocycles. The number of rotatable bonds is 2. The Morgan fingerprint density at radius 2 is 2.09 bits per heavy atom. The number of hydrogen-bond donors (Lipinski definition) is 0. The molecule has 0 atom stereocenters. The molecule has 0 aromatic heterocycles. The average Bonchev–Trinajstić information content (AvgIpc) is 2.03. The zero-order chi connectivity index (χ0) is 8.10. The number of ether oxygens (including phenoxy) is 1. The van der Waals surface area contributed by atoms with Gasteiger partial charge >= 0.3 is 0 Å². The third-order valence-corrected chi connectivity index (χ3v) is 1.29. The van der Waals surface area contributed by atoms with E-state index in [9.17, 15) is 4.39 Å². The van der Waals surface area contributed by atoms with Gasteiger partial charge in [0, 0.05) is 5.56 Å². The van der Waals surface area contributed by atoms with Crippen molar-refractivity contribution in [1.29, 1.82) is 0 Å². The first kappa shape index (κ1) is 7.79. The minimum Gasteiger partial charge on any atom is -0.504 e. The maximum atomic E-state index is 12.8. The molecule has 0 aliphatic carbocycles. The van der Waals surface area contributed by atoms with E-state index in [4.69, 9.17) is 0 Å². The number of halogens is 1. The molecule has 2 heteroatoms. The van der Waals surface area contributed by atoms with Crippen LogP contribution in [0, 0.1) is 5.82 Å². The van der Waals surface area contributed by atoms with Crippen LogP contribution in [-0.2, 0) is 4.74 Å². The summed E-state index contributed by atoms with van der Waals surface area (Å²) in [5.74, 6) is -0.235. The molecule has 0 N–H and O–H groups in total. The standard InChI is InChI=1S/C9H9FO/c1-11-7-6-8-4-2-3-5-9(8)10/h2-7H,1H3/b7-6-. The second kappa shape index (κ2) is 3.76. The van der Waals surface area contributed by atoms with Crippen molar-refractivity contribution in [3.8, 4) is 0 Å². The van der Waals surface area contributed by atoms with Gasteiger partial charge in [0.1, 0.15) is 5.82 Å². The molecule has 11 heavy (non-hydrogen) atoms. The lowest BCUT2D eigenvalue weighted by Crippen LogP contribution is -1.79. The van der Waals surface area contributed by atoms with Gasteiger partial charge in [-0.15, -0.1) is 0 Å². The first-order valence-electron chi connectivity index (χ1n) is 3.28. The van der Waals surface area contributed by atoms with Crippen LogP contribution in [0.15, 0.2) is 30.5 Å². The van der Waals surface area contributed by atoms with Crippen molar-refractivity contribution < 1.29 is 9.13 Å². The molecule has 0 saturated carbocycles. The molecule has 0 radical (unpaired) electrons. The van der Waals surface area contributed by atoms with Crippen LogP contribution in [0.5, 0.6) is 0 Å². The van der Waals surface area contributed by atoms with E-state index in [0.29, 0.717) is 5.56 Å². The number of hydrogen-bond acceptors (Lipinski definition) is 1. The largest absolute Gasteiger partial charge is 0.504 e. The molecule has 0 aliphatic heterocycles. The third kappa shape index (κ3) is 2.08.